The van der Waals surface area contributed by atoms with Gasteiger partial charge in [-0.1, -0.05) is 12.1 Å². The predicted octanol–water partition coefficient (Wildman–Crippen LogP) is 0.801. The van der Waals surface area contributed by atoms with Crippen molar-refractivity contribution in [2.45, 2.75) is 32.7 Å². The molecule has 0 radical (unpaired) electrons. The first-order valence-electron chi connectivity index (χ1n) is 11.9. The molecule has 3 N–H and O–H groups in total. The highest BCUT2D eigenvalue weighted by atomic mass is 16.1. The van der Waals surface area contributed by atoms with Crippen molar-refractivity contribution in [2.24, 2.45) is 4.99 Å². The molecule has 0 aliphatic carbocycles. The fourth-order valence-electron chi connectivity index (χ4n) is 4.53. The summed E-state index contributed by atoms with van der Waals surface area (Å²) >= 11 is 0. The van der Waals surface area contributed by atoms with Crippen LogP contribution in [0.15, 0.2) is 23.2 Å². The second-order valence-corrected chi connectivity index (χ2v) is 8.91. The number of hydrogen-bond donors (Lipinski definition) is 3. The maximum atomic E-state index is 11.5. The summed E-state index contributed by atoms with van der Waals surface area (Å²) in [5.41, 5.74) is 4.15. The summed E-state index contributed by atoms with van der Waals surface area (Å²) in [7, 11) is 3.52. The highest BCUT2D eigenvalue weighted by Crippen LogP contribution is 2.23. The molecular formula is C24H41N7O. The lowest BCUT2D eigenvalue weighted by atomic mass is 10.1. The number of hydrogen-bond acceptors (Lipinski definition) is 5. The van der Waals surface area contributed by atoms with Crippen LogP contribution in [0.3, 0.4) is 0 Å². The SMILES string of the molecule is CN=C(NCCN1CCN(c2cccc(C)c2C)CC1)NC1CCN(CC(=O)NC)CC1. The molecular weight excluding hydrogens is 402 g/mol. The van der Waals surface area contributed by atoms with Gasteiger partial charge in [0.25, 0.3) is 0 Å². The molecule has 178 valence electrons. The Morgan fingerprint density at radius 1 is 1.06 bits per heavy atom. The number of nitrogens with zero attached hydrogens (tertiary/aromatic N) is 4. The van der Waals surface area contributed by atoms with E-state index in [4.69, 9.17) is 0 Å². The minimum Gasteiger partial charge on any atom is -0.369 e. The summed E-state index contributed by atoms with van der Waals surface area (Å²) in [4.78, 5) is 23.2. The van der Waals surface area contributed by atoms with E-state index in [0.29, 0.717) is 12.6 Å². The molecule has 2 aliphatic rings. The van der Waals surface area contributed by atoms with E-state index in [9.17, 15) is 4.79 Å². The van der Waals surface area contributed by atoms with Gasteiger partial charge in [-0.05, 0) is 43.9 Å². The van der Waals surface area contributed by atoms with E-state index >= 15 is 0 Å². The molecule has 1 amide bonds. The third kappa shape index (κ3) is 6.84. The molecule has 0 bridgehead atoms. The Labute approximate surface area is 193 Å². The van der Waals surface area contributed by atoms with Crippen LogP contribution in [0.25, 0.3) is 0 Å². The van der Waals surface area contributed by atoms with Crippen LogP contribution in [0.2, 0.25) is 0 Å². The van der Waals surface area contributed by atoms with Crippen molar-refractivity contribution < 1.29 is 4.79 Å². The number of likely N-dealkylation sites (tertiary alicyclic amines) is 1. The van der Waals surface area contributed by atoms with Gasteiger partial charge in [0.1, 0.15) is 0 Å². The first-order valence-corrected chi connectivity index (χ1v) is 11.9. The van der Waals surface area contributed by atoms with Gasteiger partial charge < -0.3 is 20.9 Å². The number of benzene rings is 1. The molecule has 2 fully saturated rings. The number of nitrogens with one attached hydrogen (secondary N) is 3. The number of carbonyl (C=O) groups is 1. The van der Waals surface area contributed by atoms with Gasteiger partial charge in [0.15, 0.2) is 5.96 Å². The van der Waals surface area contributed by atoms with Gasteiger partial charge in [-0.3, -0.25) is 19.6 Å². The molecule has 8 nitrogen and oxygen atoms in total. The third-order valence-electron chi connectivity index (χ3n) is 6.81. The average Bonchev–Trinajstić information content (AvgIpc) is 2.81. The Morgan fingerprint density at radius 3 is 2.44 bits per heavy atom. The Hall–Kier alpha value is -2.32. The Bertz CT molecular complexity index is 766. The van der Waals surface area contributed by atoms with Crippen LogP contribution in [-0.2, 0) is 4.79 Å². The van der Waals surface area contributed by atoms with E-state index in [2.05, 4.69) is 67.7 Å². The van der Waals surface area contributed by atoms with Crippen LogP contribution in [0.1, 0.15) is 24.0 Å². The first kappa shape index (κ1) is 24.3. The van der Waals surface area contributed by atoms with Gasteiger partial charge in [0.05, 0.1) is 6.54 Å². The third-order valence-corrected chi connectivity index (χ3v) is 6.81. The van der Waals surface area contributed by atoms with Crippen LogP contribution >= 0.6 is 0 Å². The van der Waals surface area contributed by atoms with Crippen molar-refractivity contribution in [1.29, 1.82) is 0 Å². The standard InChI is InChI=1S/C24H41N7O/c1-19-6-5-7-22(20(19)2)31-16-14-29(15-17-31)13-10-27-24(26-4)28-21-8-11-30(12-9-21)18-23(32)25-3/h5-7,21H,8-18H2,1-4H3,(H,25,32)(H2,26,27,28). The molecule has 0 aromatic heterocycles. The zero-order valence-corrected chi connectivity index (χ0v) is 20.3. The molecule has 2 saturated heterocycles. The van der Waals surface area contributed by atoms with Crippen LogP contribution in [0.4, 0.5) is 5.69 Å². The van der Waals surface area contributed by atoms with Gasteiger partial charge in [-0.2, -0.15) is 0 Å². The number of anilines is 1. The van der Waals surface area contributed by atoms with Crippen molar-refractivity contribution in [3.63, 3.8) is 0 Å². The second kappa shape index (κ2) is 12.1. The van der Waals surface area contributed by atoms with Crippen LogP contribution in [-0.4, -0.2) is 101 Å². The van der Waals surface area contributed by atoms with Crippen molar-refractivity contribution in [3.8, 4) is 0 Å². The van der Waals surface area contributed by atoms with Crippen molar-refractivity contribution >= 4 is 17.6 Å². The Morgan fingerprint density at radius 2 is 1.78 bits per heavy atom. The van der Waals surface area contributed by atoms with Crippen LogP contribution in [0.5, 0.6) is 0 Å². The van der Waals surface area contributed by atoms with Gasteiger partial charge in [0, 0.05) is 78.2 Å². The average molecular weight is 444 g/mol. The number of aryl methyl sites for hydroxylation is 1. The topological polar surface area (TPSA) is 75.2 Å². The zero-order chi connectivity index (χ0) is 22.9. The maximum Gasteiger partial charge on any atom is 0.233 e. The van der Waals surface area contributed by atoms with E-state index in [0.717, 1.165) is 71.2 Å². The maximum absolute atomic E-state index is 11.5. The minimum atomic E-state index is 0.0868. The quantitative estimate of drug-likeness (QED) is 0.428. The van der Waals surface area contributed by atoms with E-state index in [-0.39, 0.29) is 5.91 Å². The first-order chi connectivity index (χ1) is 15.5. The van der Waals surface area contributed by atoms with E-state index in [1.165, 1.54) is 16.8 Å². The predicted molar refractivity (Wildman–Crippen MR) is 133 cm³/mol. The van der Waals surface area contributed by atoms with Gasteiger partial charge in [-0.15, -0.1) is 0 Å². The number of piperidine rings is 1. The van der Waals surface area contributed by atoms with Crippen LogP contribution in [0, 0.1) is 13.8 Å². The highest BCUT2D eigenvalue weighted by molar-refractivity contribution is 5.80. The lowest BCUT2D eigenvalue weighted by molar-refractivity contribution is -0.122. The van der Waals surface area contributed by atoms with Crippen molar-refractivity contribution in [3.05, 3.63) is 29.3 Å². The lowest BCUT2D eigenvalue weighted by Crippen LogP contribution is -2.52. The van der Waals surface area contributed by atoms with Gasteiger partial charge in [0.2, 0.25) is 5.91 Å². The molecule has 0 atom stereocenters. The number of guanidine groups is 1. The summed E-state index contributed by atoms with van der Waals surface area (Å²) in [6, 6.07) is 7.01. The largest absolute Gasteiger partial charge is 0.369 e. The molecule has 8 heteroatoms. The molecule has 0 unspecified atom stereocenters. The Kier molecular flexibility index (Phi) is 9.17. The molecule has 0 spiro atoms. The number of carbonyl (C=O) groups excluding carboxylic acids is 1. The molecule has 1 aromatic rings. The summed E-state index contributed by atoms with van der Waals surface area (Å²) in [5, 5.41) is 9.74. The number of amides is 1. The zero-order valence-electron chi connectivity index (χ0n) is 20.3. The summed E-state index contributed by atoms with van der Waals surface area (Å²) in [6.07, 6.45) is 2.05. The van der Waals surface area contributed by atoms with Crippen molar-refractivity contribution in [2.75, 3.05) is 77.9 Å². The van der Waals surface area contributed by atoms with Gasteiger partial charge >= 0.3 is 0 Å². The lowest BCUT2D eigenvalue weighted by Gasteiger charge is -2.37. The fraction of sp³-hybridized carbons (Fsp3) is 0.667. The van der Waals surface area contributed by atoms with E-state index in [1.54, 1.807) is 7.05 Å². The summed E-state index contributed by atoms with van der Waals surface area (Å²) in [5.74, 6) is 0.965. The second-order valence-electron chi connectivity index (χ2n) is 8.91. The smallest absolute Gasteiger partial charge is 0.233 e. The van der Waals surface area contributed by atoms with Crippen LogP contribution < -0.4 is 20.9 Å². The summed E-state index contributed by atoms with van der Waals surface area (Å²) in [6.45, 7) is 13.0. The van der Waals surface area contributed by atoms with Crippen molar-refractivity contribution in [1.82, 2.24) is 25.8 Å². The molecule has 3 rings (SSSR count). The molecule has 2 aliphatic heterocycles. The molecule has 0 saturated carbocycles. The molecule has 1 aromatic carbocycles. The number of aliphatic imine (C=N–C) groups is 1. The number of likely N-dealkylation sites (N-methyl/N-ethyl adjacent to an activating group) is 1. The normalized spacial score (nSPS) is 19.1. The number of rotatable bonds is 7. The minimum absolute atomic E-state index is 0.0868. The fourth-order valence-corrected chi connectivity index (χ4v) is 4.53. The van der Waals surface area contributed by atoms with Gasteiger partial charge in [-0.25, -0.2) is 0 Å². The highest BCUT2D eigenvalue weighted by Gasteiger charge is 2.22. The Balaban J connectivity index is 1.34. The summed E-state index contributed by atoms with van der Waals surface area (Å²) < 4.78 is 0. The monoisotopic (exact) mass is 443 g/mol. The molecule has 32 heavy (non-hydrogen) atoms. The van der Waals surface area contributed by atoms with E-state index in [1.807, 2.05) is 7.05 Å². The number of piperazine rings is 1. The molecule has 2 heterocycles. The van der Waals surface area contributed by atoms with E-state index < -0.39 is 0 Å².